The van der Waals surface area contributed by atoms with E-state index in [1.807, 2.05) is 6.92 Å². The molecule has 2 N–H and O–H groups in total. The molecule has 1 rings (SSSR count). The number of Topliss-reactive ketones (excluding diaryl/α,β-unsaturated/α-hetero) is 1. The van der Waals surface area contributed by atoms with E-state index in [1.54, 1.807) is 6.07 Å². The number of halogens is 2. The van der Waals surface area contributed by atoms with Crippen molar-refractivity contribution >= 4 is 21.7 Å². The second-order valence-corrected chi connectivity index (χ2v) is 4.34. The maximum atomic E-state index is 13.3. The summed E-state index contributed by atoms with van der Waals surface area (Å²) in [4.78, 5) is 11.6. The van der Waals surface area contributed by atoms with Crippen LogP contribution in [-0.2, 0) is 0 Å². The van der Waals surface area contributed by atoms with Crippen LogP contribution in [0.3, 0.4) is 0 Å². The highest BCUT2D eigenvalue weighted by atomic mass is 79.9. The Labute approximate surface area is 96.8 Å². The third-order valence-corrected chi connectivity index (χ3v) is 2.69. The van der Waals surface area contributed by atoms with E-state index < -0.39 is 5.82 Å². The molecule has 82 valence electrons. The molecule has 0 spiro atoms. The van der Waals surface area contributed by atoms with Crippen molar-refractivity contribution in [1.82, 2.24) is 0 Å². The van der Waals surface area contributed by atoms with Gasteiger partial charge in [0, 0.05) is 16.9 Å². The summed E-state index contributed by atoms with van der Waals surface area (Å²) < 4.78 is 14.0. The second-order valence-electron chi connectivity index (χ2n) is 3.42. The van der Waals surface area contributed by atoms with Crippen LogP contribution in [0.15, 0.2) is 22.7 Å². The minimum absolute atomic E-state index is 0.105. The Morgan fingerprint density at radius 1 is 1.60 bits per heavy atom. The minimum atomic E-state index is -0.494. The number of rotatable bonds is 4. The highest BCUT2D eigenvalue weighted by molar-refractivity contribution is 9.10. The Morgan fingerprint density at radius 2 is 2.27 bits per heavy atom. The van der Waals surface area contributed by atoms with Crippen LogP contribution in [0.5, 0.6) is 0 Å². The summed E-state index contributed by atoms with van der Waals surface area (Å²) >= 11 is 3.20. The molecule has 0 saturated heterocycles. The zero-order valence-corrected chi connectivity index (χ0v) is 10.1. The normalized spacial score (nSPS) is 12.5. The summed E-state index contributed by atoms with van der Waals surface area (Å²) in [6.45, 7) is 1.90. The van der Waals surface area contributed by atoms with Gasteiger partial charge in [-0.05, 0) is 24.6 Å². The maximum absolute atomic E-state index is 13.3. The molecule has 0 fully saturated rings. The van der Waals surface area contributed by atoms with Crippen LogP contribution < -0.4 is 5.73 Å². The van der Waals surface area contributed by atoms with Crippen molar-refractivity contribution in [1.29, 1.82) is 0 Å². The monoisotopic (exact) mass is 273 g/mol. The molecule has 2 nitrogen and oxygen atoms in total. The quantitative estimate of drug-likeness (QED) is 0.858. The van der Waals surface area contributed by atoms with E-state index in [2.05, 4.69) is 15.9 Å². The van der Waals surface area contributed by atoms with Crippen molar-refractivity contribution in [2.24, 2.45) is 5.73 Å². The van der Waals surface area contributed by atoms with Gasteiger partial charge in [-0.2, -0.15) is 0 Å². The zero-order chi connectivity index (χ0) is 11.4. The average molecular weight is 274 g/mol. The molecule has 0 radical (unpaired) electrons. The molecule has 0 saturated carbocycles. The number of hydrogen-bond donors (Lipinski definition) is 1. The highest BCUT2D eigenvalue weighted by Crippen LogP contribution is 2.17. The van der Waals surface area contributed by atoms with Crippen molar-refractivity contribution in [3.63, 3.8) is 0 Å². The van der Waals surface area contributed by atoms with Crippen LogP contribution in [-0.4, -0.2) is 11.8 Å². The number of nitrogens with two attached hydrogens (primary N) is 1. The van der Waals surface area contributed by atoms with Crippen molar-refractivity contribution in [3.05, 3.63) is 34.1 Å². The Hall–Kier alpha value is -0.740. The van der Waals surface area contributed by atoms with Crippen molar-refractivity contribution < 1.29 is 9.18 Å². The van der Waals surface area contributed by atoms with Gasteiger partial charge in [0.2, 0.25) is 0 Å². The summed E-state index contributed by atoms with van der Waals surface area (Å²) in [5, 5.41) is 0. The van der Waals surface area contributed by atoms with Gasteiger partial charge in [0.25, 0.3) is 0 Å². The van der Waals surface area contributed by atoms with Crippen LogP contribution in [0.1, 0.15) is 30.1 Å². The average Bonchev–Trinajstić information content (AvgIpc) is 2.21. The van der Waals surface area contributed by atoms with Crippen LogP contribution >= 0.6 is 15.9 Å². The molecule has 0 aliphatic heterocycles. The van der Waals surface area contributed by atoms with E-state index in [0.717, 1.165) is 0 Å². The lowest BCUT2D eigenvalue weighted by Crippen LogP contribution is -2.23. The van der Waals surface area contributed by atoms with E-state index in [9.17, 15) is 9.18 Å². The highest BCUT2D eigenvalue weighted by Gasteiger charge is 2.14. The van der Waals surface area contributed by atoms with Gasteiger partial charge in [0.15, 0.2) is 5.78 Å². The topological polar surface area (TPSA) is 43.1 Å². The Morgan fingerprint density at radius 3 is 2.87 bits per heavy atom. The van der Waals surface area contributed by atoms with Crippen molar-refractivity contribution in [3.8, 4) is 0 Å². The third-order valence-electron chi connectivity index (χ3n) is 2.20. The molecule has 0 aliphatic rings. The van der Waals surface area contributed by atoms with Gasteiger partial charge in [-0.25, -0.2) is 4.39 Å². The SMILES string of the molecule is CCC(N)CC(=O)c1cc(Br)ccc1F. The van der Waals surface area contributed by atoms with Gasteiger partial charge in [-0.15, -0.1) is 0 Å². The molecule has 4 heteroatoms. The summed E-state index contributed by atoms with van der Waals surface area (Å²) in [7, 11) is 0. The summed E-state index contributed by atoms with van der Waals surface area (Å²) in [5.41, 5.74) is 5.75. The van der Waals surface area contributed by atoms with E-state index in [4.69, 9.17) is 5.73 Å². The molecule has 0 aliphatic carbocycles. The van der Waals surface area contributed by atoms with E-state index in [1.165, 1.54) is 12.1 Å². The molecular formula is C11H13BrFNO. The standard InChI is InChI=1S/C11H13BrFNO/c1-2-8(14)6-11(15)9-5-7(12)3-4-10(9)13/h3-5,8H,2,6,14H2,1H3. The third kappa shape index (κ3) is 3.39. The summed E-state index contributed by atoms with van der Waals surface area (Å²) in [5.74, 6) is -0.741. The van der Waals surface area contributed by atoms with Crippen LogP contribution in [0, 0.1) is 5.82 Å². The number of benzene rings is 1. The molecule has 15 heavy (non-hydrogen) atoms. The number of carbonyl (C=O) groups excluding carboxylic acids is 1. The molecule has 0 aromatic heterocycles. The van der Waals surface area contributed by atoms with Crippen molar-refractivity contribution in [2.45, 2.75) is 25.8 Å². The van der Waals surface area contributed by atoms with Gasteiger partial charge in [-0.1, -0.05) is 22.9 Å². The first-order valence-corrected chi connectivity index (χ1v) is 5.57. The fraction of sp³-hybridized carbons (Fsp3) is 0.364. The smallest absolute Gasteiger partial charge is 0.167 e. The van der Waals surface area contributed by atoms with Crippen LogP contribution in [0.25, 0.3) is 0 Å². The first-order valence-electron chi connectivity index (χ1n) is 4.78. The molecule has 1 aromatic rings. The van der Waals surface area contributed by atoms with Crippen LogP contribution in [0.4, 0.5) is 4.39 Å². The summed E-state index contributed by atoms with van der Waals surface area (Å²) in [6.07, 6.45) is 0.894. The lowest BCUT2D eigenvalue weighted by Gasteiger charge is -2.08. The van der Waals surface area contributed by atoms with Gasteiger partial charge >= 0.3 is 0 Å². The van der Waals surface area contributed by atoms with Gasteiger partial charge in [-0.3, -0.25) is 4.79 Å². The second kappa shape index (κ2) is 5.37. The molecule has 1 aromatic carbocycles. The molecular weight excluding hydrogens is 261 g/mol. The Bertz CT molecular complexity index is 368. The van der Waals surface area contributed by atoms with Crippen molar-refractivity contribution in [2.75, 3.05) is 0 Å². The predicted molar refractivity (Wildman–Crippen MR) is 61.3 cm³/mol. The first kappa shape index (κ1) is 12.3. The minimum Gasteiger partial charge on any atom is -0.327 e. The molecule has 0 heterocycles. The maximum Gasteiger partial charge on any atom is 0.167 e. The largest absolute Gasteiger partial charge is 0.327 e. The lowest BCUT2D eigenvalue weighted by molar-refractivity contribution is 0.0970. The fourth-order valence-electron chi connectivity index (χ4n) is 1.20. The van der Waals surface area contributed by atoms with E-state index >= 15 is 0 Å². The molecule has 1 atom stereocenters. The van der Waals surface area contributed by atoms with Gasteiger partial charge in [0.05, 0.1) is 5.56 Å². The molecule has 0 bridgehead atoms. The Balaban J connectivity index is 2.86. The number of carbonyl (C=O) groups is 1. The first-order chi connectivity index (χ1) is 7.04. The fourth-order valence-corrected chi connectivity index (χ4v) is 1.56. The number of ketones is 1. The zero-order valence-electron chi connectivity index (χ0n) is 8.47. The van der Waals surface area contributed by atoms with E-state index in [-0.39, 0.29) is 23.8 Å². The number of hydrogen-bond acceptors (Lipinski definition) is 2. The Kier molecular flexibility index (Phi) is 4.42. The molecule has 1 unspecified atom stereocenters. The lowest BCUT2D eigenvalue weighted by atomic mass is 10.0. The predicted octanol–water partition coefficient (Wildman–Crippen LogP) is 2.90. The van der Waals surface area contributed by atoms with Gasteiger partial charge in [0.1, 0.15) is 5.82 Å². The molecule has 0 amide bonds. The van der Waals surface area contributed by atoms with E-state index in [0.29, 0.717) is 10.9 Å². The van der Waals surface area contributed by atoms with Crippen LogP contribution in [0.2, 0.25) is 0 Å². The van der Waals surface area contributed by atoms with Gasteiger partial charge < -0.3 is 5.73 Å². The summed E-state index contributed by atoms with van der Waals surface area (Å²) in [6, 6.07) is 4.12.